The van der Waals surface area contributed by atoms with E-state index in [1.807, 2.05) is 24.3 Å². The number of hydrogen-bond donors (Lipinski definition) is 1. The molecule has 0 aliphatic carbocycles. The third-order valence-electron chi connectivity index (χ3n) is 3.24. The first-order valence-corrected chi connectivity index (χ1v) is 7.11. The lowest BCUT2D eigenvalue weighted by molar-refractivity contribution is -0.142. The van der Waals surface area contributed by atoms with E-state index in [9.17, 15) is 18.0 Å². The van der Waals surface area contributed by atoms with Crippen molar-refractivity contribution < 1.29 is 27.8 Å². The highest BCUT2D eigenvalue weighted by Gasteiger charge is 2.39. The normalized spacial score (nSPS) is 13.0. The topological polar surface area (TPSA) is 50.9 Å². The van der Waals surface area contributed by atoms with Gasteiger partial charge in [-0.25, -0.2) is 4.85 Å². The Morgan fingerprint density at radius 3 is 2.17 bits per heavy atom. The summed E-state index contributed by atoms with van der Waals surface area (Å²) in [6.45, 7) is 12.6. The van der Waals surface area contributed by atoms with Gasteiger partial charge in [0.05, 0.1) is 13.2 Å². The van der Waals surface area contributed by atoms with Crippen LogP contribution in [0, 0.1) is 6.57 Å². The summed E-state index contributed by atoms with van der Waals surface area (Å²) in [7, 11) is 0. The van der Waals surface area contributed by atoms with Crippen molar-refractivity contribution in [1.82, 2.24) is 0 Å². The summed E-state index contributed by atoms with van der Waals surface area (Å²) in [4.78, 5) is 13.9. The van der Waals surface area contributed by atoms with Gasteiger partial charge < -0.3 is 9.84 Å². The van der Waals surface area contributed by atoms with Crippen LogP contribution in [0.25, 0.3) is 4.85 Å². The molecule has 130 valence electrons. The highest BCUT2D eigenvalue weighted by molar-refractivity contribution is 5.91. The second-order valence-electron chi connectivity index (χ2n) is 6.14. The molecule has 1 N–H and O–H groups in total. The van der Waals surface area contributed by atoms with Crippen LogP contribution in [0.3, 0.4) is 0 Å². The number of allylic oxidation sites excluding steroid dienone is 1. The van der Waals surface area contributed by atoms with Gasteiger partial charge in [0, 0.05) is 6.42 Å². The van der Waals surface area contributed by atoms with Crippen LogP contribution in [0.2, 0.25) is 0 Å². The molecule has 0 bridgehead atoms. The van der Waals surface area contributed by atoms with E-state index in [2.05, 4.69) is 30.4 Å². The maximum atomic E-state index is 12.3. The fraction of sp³-hybridized carbons (Fsp3) is 0.412. The summed E-state index contributed by atoms with van der Waals surface area (Å²) in [5.41, 5.74) is 0.487. The molecule has 0 saturated heterocycles. The SMILES string of the molecule is [C-]#[N+]/C(C(=O)OCCc1ccc(C(C)(C)C)cc1)=C(/O)C(F)(F)F. The molecule has 0 heterocycles. The molecule has 0 aliphatic heterocycles. The van der Waals surface area contributed by atoms with Gasteiger partial charge in [0.15, 0.2) is 0 Å². The molecule has 7 heteroatoms. The molecule has 0 unspecified atom stereocenters. The van der Waals surface area contributed by atoms with Crippen molar-refractivity contribution in [2.45, 2.75) is 38.8 Å². The average molecular weight is 341 g/mol. The Labute approximate surface area is 138 Å². The van der Waals surface area contributed by atoms with E-state index >= 15 is 0 Å². The van der Waals surface area contributed by atoms with Crippen molar-refractivity contribution in [1.29, 1.82) is 0 Å². The van der Waals surface area contributed by atoms with E-state index in [1.54, 1.807) is 0 Å². The first-order valence-electron chi connectivity index (χ1n) is 7.11. The van der Waals surface area contributed by atoms with Gasteiger partial charge in [0.25, 0.3) is 0 Å². The van der Waals surface area contributed by atoms with Crippen LogP contribution in [0.4, 0.5) is 13.2 Å². The molecule has 0 saturated carbocycles. The monoisotopic (exact) mass is 341 g/mol. The molecule has 0 aromatic heterocycles. The van der Waals surface area contributed by atoms with Gasteiger partial charge in [-0.3, -0.25) is 4.79 Å². The molecule has 1 aromatic carbocycles. The lowest BCUT2D eigenvalue weighted by atomic mass is 9.86. The van der Waals surface area contributed by atoms with Gasteiger partial charge in [0.1, 0.15) is 0 Å². The summed E-state index contributed by atoms with van der Waals surface area (Å²) in [5, 5.41) is 8.88. The van der Waals surface area contributed by atoms with Crippen LogP contribution < -0.4 is 0 Å². The summed E-state index contributed by atoms with van der Waals surface area (Å²) in [5.74, 6) is -3.73. The standard InChI is InChI=1S/C17H18F3NO3/c1-16(2,3)12-7-5-11(6-8-12)9-10-24-15(23)13(21-4)14(22)17(18,19)20/h5-8,22H,9-10H2,1-3H3/b14-13+. The highest BCUT2D eigenvalue weighted by Crippen LogP contribution is 2.27. The van der Waals surface area contributed by atoms with Crippen LogP contribution in [-0.4, -0.2) is 23.9 Å². The molecule has 0 fully saturated rings. The second kappa shape index (κ2) is 7.39. The minimum Gasteiger partial charge on any atom is -0.515 e. The number of benzene rings is 1. The van der Waals surface area contributed by atoms with Crippen LogP contribution in [0.5, 0.6) is 0 Å². The van der Waals surface area contributed by atoms with Crippen molar-refractivity contribution >= 4 is 5.97 Å². The predicted octanol–water partition coefficient (Wildman–Crippen LogP) is 4.32. The zero-order valence-electron chi connectivity index (χ0n) is 13.6. The zero-order chi connectivity index (χ0) is 18.5. The molecule has 4 nitrogen and oxygen atoms in total. The minimum absolute atomic E-state index is 0.00452. The van der Waals surface area contributed by atoms with Crippen molar-refractivity contribution in [2.24, 2.45) is 0 Å². The largest absolute Gasteiger partial charge is 0.515 e. The van der Waals surface area contributed by atoms with Gasteiger partial charge in [-0.15, -0.1) is 0 Å². The smallest absolute Gasteiger partial charge is 0.438 e. The maximum absolute atomic E-state index is 12.3. The number of alkyl halides is 3. The van der Waals surface area contributed by atoms with Crippen molar-refractivity contribution in [3.63, 3.8) is 0 Å². The Bertz CT molecular complexity index is 662. The summed E-state index contributed by atoms with van der Waals surface area (Å²) in [6.07, 6.45) is -4.88. The molecule has 0 atom stereocenters. The fourth-order valence-electron chi connectivity index (χ4n) is 1.83. The Hall–Kier alpha value is -2.49. The number of hydrogen-bond acceptors (Lipinski definition) is 3. The van der Waals surface area contributed by atoms with Gasteiger partial charge >= 0.3 is 17.8 Å². The van der Waals surface area contributed by atoms with Crippen molar-refractivity contribution in [3.8, 4) is 0 Å². The first-order chi connectivity index (χ1) is 11.0. The number of carbonyl (C=O) groups excluding carboxylic acids is 1. The van der Waals surface area contributed by atoms with Gasteiger partial charge in [-0.1, -0.05) is 45.0 Å². The summed E-state index contributed by atoms with van der Waals surface area (Å²) < 4.78 is 41.6. The van der Waals surface area contributed by atoms with E-state index in [4.69, 9.17) is 11.7 Å². The number of rotatable bonds is 4. The van der Waals surface area contributed by atoms with E-state index < -0.39 is 23.6 Å². The number of esters is 1. The molecule has 0 amide bonds. The molecular weight excluding hydrogens is 323 g/mol. The Balaban J connectivity index is 2.68. The Morgan fingerprint density at radius 2 is 1.75 bits per heavy atom. The quantitative estimate of drug-likeness (QED) is 0.384. The predicted molar refractivity (Wildman–Crippen MR) is 82.1 cm³/mol. The fourth-order valence-corrected chi connectivity index (χ4v) is 1.83. The van der Waals surface area contributed by atoms with Gasteiger partial charge in [0.2, 0.25) is 5.76 Å². The molecule has 0 radical (unpaired) electrons. The number of halogens is 3. The van der Waals surface area contributed by atoms with Gasteiger partial charge in [-0.2, -0.15) is 13.2 Å². The zero-order valence-corrected chi connectivity index (χ0v) is 13.6. The number of carbonyl (C=O) groups is 1. The lowest BCUT2D eigenvalue weighted by Crippen LogP contribution is -2.18. The average Bonchev–Trinajstić information content (AvgIpc) is 2.46. The molecule has 24 heavy (non-hydrogen) atoms. The highest BCUT2D eigenvalue weighted by atomic mass is 19.4. The molecular formula is C17H18F3NO3. The second-order valence-corrected chi connectivity index (χ2v) is 6.14. The number of aliphatic hydroxyl groups is 1. The van der Waals surface area contributed by atoms with Crippen LogP contribution in [0.15, 0.2) is 35.7 Å². The lowest BCUT2D eigenvalue weighted by Gasteiger charge is -2.19. The van der Waals surface area contributed by atoms with Crippen LogP contribution in [0.1, 0.15) is 31.9 Å². The number of nitrogens with zero attached hydrogens (tertiary/aromatic N) is 1. The van der Waals surface area contributed by atoms with Crippen LogP contribution >= 0.6 is 0 Å². The summed E-state index contributed by atoms with van der Waals surface area (Å²) in [6, 6.07) is 7.54. The number of ether oxygens (including phenoxy) is 1. The molecule has 0 spiro atoms. The third-order valence-corrected chi connectivity index (χ3v) is 3.24. The maximum Gasteiger partial charge on any atom is 0.438 e. The van der Waals surface area contributed by atoms with E-state index in [-0.39, 0.29) is 18.4 Å². The molecule has 0 aliphatic rings. The Kier molecular flexibility index (Phi) is 6.02. The summed E-state index contributed by atoms with van der Waals surface area (Å²) >= 11 is 0. The van der Waals surface area contributed by atoms with E-state index in [0.717, 1.165) is 11.1 Å². The van der Waals surface area contributed by atoms with Crippen molar-refractivity contribution in [3.05, 3.63) is 58.3 Å². The molecule has 1 rings (SSSR count). The Morgan fingerprint density at radius 1 is 1.21 bits per heavy atom. The van der Waals surface area contributed by atoms with Gasteiger partial charge in [-0.05, 0) is 16.5 Å². The minimum atomic E-state index is -5.16. The van der Waals surface area contributed by atoms with Crippen molar-refractivity contribution in [2.75, 3.05) is 6.61 Å². The third kappa shape index (κ3) is 5.30. The first kappa shape index (κ1) is 19.6. The van der Waals surface area contributed by atoms with E-state index in [0.29, 0.717) is 0 Å². The van der Waals surface area contributed by atoms with Crippen LogP contribution in [-0.2, 0) is 21.4 Å². The molecule has 1 aromatic rings. The number of aliphatic hydroxyl groups excluding tert-OH is 1. The van der Waals surface area contributed by atoms with E-state index in [1.165, 1.54) is 0 Å².